The van der Waals surface area contributed by atoms with Gasteiger partial charge in [0.05, 0.1) is 12.8 Å². The molecule has 2 rings (SSSR count). The van der Waals surface area contributed by atoms with Gasteiger partial charge in [-0.05, 0) is 51.1 Å². The van der Waals surface area contributed by atoms with Gasteiger partial charge in [-0.15, -0.1) is 0 Å². The Morgan fingerprint density at radius 1 is 1.44 bits per heavy atom. The van der Waals surface area contributed by atoms with Crippen molar-refractivity contribution in [1.82, 2.24) is 4.90 Å². The Labute approximate surface area is 118 Å². The Bertz CT molecular complexity index is 423. The van der Waals surface area contributed by atoms with Crippen LogP contribution < -0.4 is 10.1 Å². The highest BCUT2D eigenvalue weighted by Gasteiger charge is 2.19. The second kappa shape index (κ2) is 5.93. The minimum absolute atomic E-state index is 0.512. The highest BCUT2D eigenvalue weighted by molar-refractivity contribution is 9.10. The number of likely N-dealkylation sites (N-methyl/N-ethyl adjacent to an activating group) is 1. The fourth-order valence-electron chi connectivity index (χ4n) is 2.55. The van der Waals surface area contributed by atoms with Crippen LogP contribution in [0.2, 0.25) is 0 Å². The number of benzene rings is 1. The maximum absolute atomic E-state index is 5.47. The first kappa shape index (κ1) is 13.7. The topological polar surface area (TPSA) is 24.5 Å². The molecule has 1 aliphatic rings. The summed E-state index contributed by atoms with van der Waals surface area (Å²) in [6.45, 7) is 4.41. The normalized spacial score (nSPS) is 20.8. The van der Waals surface area contributed by atoms with Crippen molar-refractivity contribution in [2.24, 2.45) is 0 Å². The molecule has 0 bridgehead atoms. The summed E-state index contributed by atoms with van der Waals surface area (Å²) < 4.78 is 6.53. The van der Waals surface area contributed by atoms with Crippen molar-refractivity contribution in [2.45, 2.75) is 25.8 Å². The molecule has 0 spiro atoms. The molecular formula is C14H21BrN2O. The summed E-state index contributed by atoms with van der Waals surface area (Å²) in [4.78, 5) is 2.38. The van der Waals surface area contributed by atoms with Crippen LogP contribution in [-0.4, -0.2) is 38.2 Å². The van der Waals surface area contributed by atoms with E-state index in [0.29, 0.717) is 6.04 Å². The molecule has 18 heavy (non-hydrogen) atoms. The monoisotopic (exact) mass is 312 g/mol. The predicted octanol–water partition coefficient (Wildman–Crippen LogP) is 3.27. The largest absolute Gasteiger partial charge is 0.495 e. The quantitative estimate of drug-likeness (QED) is 0.927. The summed E-state index contributed by atoms with van der Waals surface area (Å²) in [5, 5.41) is 3.64. The van der Waals surface area contributed by atoms with Crippen molar-refractivity contribution in [2.75, 3.05) is 32.6 Å². The minimum Gasteiger partial charge on any atom is -0.495 e. The van der Waals surface area contributed by atoms with Crippen LogP contribution in [0, 0.1) is 6.92 Å². The number of nitrogens with one attached hydrogen (secondary N) is 1. The van der Waals surface area contributed by atoms with Crippen molar-refractivity contribution in [3.8, 4) is 5.75 Å². The number of halogens is 1. The van der Waals surface area contributed by atoms with E-state index < -0.39 is 0 Å². The third kappa shape index (κ3) is 3.18. The lowest BCUT2D eigenvalue weighted by molar-refractivity contribution is 0.260. The highest BCUT2D eigenvalue weighted by Crippen LogP contribution is 2.33. The Kier molecular flexibility index (Phi) is 4.51. The van der Waals surface area contributed by atoms with E-state index in [4.69, 9.17) is 4.74 Å². The molecule has 1 aliphatic heterocycles. The van der Waals surface area contributed by atoms with Gasteiger partial charge in [0.15, 0.2) is 0 Å². The molecule has 1 unspecified atom stereocenters. The minimum atomic E-state index is 0.512. The number of piperidine rings is 1. The van der Waals surface area contributed by atoms with Gasteiger partial charge in [-0.25, -0.2) is 0 Å². The summed E-state index contributed by atoms with van der Waals surface area (Å²) in [6.07, 6.45) is 2.48. The number of methoxy groups -OCH3 is 1. The first-order valence-electron chi connectivity index (χ1n) is 6.39. The van der Waals surface area contributed by atoms with E-state index in [0.717, 1.165) is 22.5 Å². The molecule has 0 radical (unpaired) electrons. The molecule has 1 saturated heterocycles. The van der Waals surface area contributed by atoms with E-state index in [1.54, 1.807) is 7.11 Å². The van der Waals surface area contributed by atoms with Gasteiger partial charge in [0.25, 0.3) is 0 Å². The molecule has 0 amide bonds. The Morgan fingerprint density at radius 2 is 2.22 bits per heavy atom. The van der Waals surface area contributed by atoms with Gasteiger partial charge in [-0.2, -0.15) is 0 Å². The summed E-state index contributed by atoms with van der Waals surface area (Å²) in [6, 6.07) is 4.65. The lowest BCUT2D eigenvalue weighted by atomic mass is 10.0. The number of likely N-dealkylation sites (tertiary alicyclic amines) is 1. The van der Waals surface area contributed by atoms with Crippen LogP contribution in [-0.2, 0) is 0 Å². The first-order valence-corrected chi connectivity index (χ1v) is 7.18. The van der Waals surface area contributed by atoms with Gasteiger partial charge in [-0.1, -0.05) is 15.9 Å². The maximum Gasteiger partial charge on any atom is 0.143 e. The molecule has 1 heterocycles. The molecule has 1 atom stereocenters. The lowest BCUT2D eigenvalue weighted by Crippen LogP contribution is -2.39. The maximum atomic E-state index is 5.47. The van der Waals surface area contributed by atoms with E-state index in [1.807, 2.05) is 6.07 Å². The third-order valence-electron chi connectivity index (χ3n) is 3.46. The van der Waals surface area contributed by atoms with Gasteiger partial charge in [0.2, 0.25) is 0 Å². The SMILES string of the molecule is COc1cc(Br)cc(C)c1NC1CCCN(C)C1. The fraction of sp³-hybridized carbons (Fsp3) is 0.571. The van der Waals surface area contributed by atoms with Crippen LogP contribution in [0.1, 0.15) is 18.4 Å². The molecule has 1 N–H and O–H groups in total. The van der Waals surface area contributed by atoms with Crippen molar-refractivity contribution >= 4 is 21.6 Å². The molecule has 0 aliphatic carbocycles. The van der Waals surface area contributed by atoms with Gasteiger partial charge in [-0.3, -0.25) is 0 Å². The van der Waals surface area contributed by atoms with Crippen molar-refractivity contribution in [3.63, 3.8) is 0 Å². The Morgan fingerprint density at radius 3 is 2.89 bits per heavy atom. The van der Waals surface area contributed by atoms with Gasteiger partial charge in [0.1, 0.15) is 5.75 Å². The summed E-state index contributed by atoms with van der Waals surface area (Å²) in [7, 11) is 3.90. The van der Waals surface area contributed by atoms with Crippen LogP contribution in [0.4, 0.5) is 5.69 Å². The predicted molar refractivity (Wildman–Crippen MR) is 79.6 cm³/mol. The first-order chi connectivity index (χ1) is 8.60. The van der Waals surface area contributed by atoms with E-state index in [-0.39, 0.29) is 0 Å². The number of aryl methyl sites for hydroxylation is 1. The number of nitrogens with zero attached hydrogens (tertiary/aromatic N) is 1. The van der Waals surface area contributed by atoms with Crippen LogP contribution >= 0.6 is 15.9 Å². The summed E-state index contributed by atoms with van der Waals surface area (Å²) in [5.74, 6) is 0.912. The number of hydrogen-bond donors (Lipinski definition) is 1. The van der Waals surface area contributed by atoms with Crippen LogP contribution in [0.5, 0.6) is 5.75 Å². The van der Waals surface area contributed by atoms with Crippen molar-refractivity contribution in [3.05, 3.63) is 22.2 Å². The standard InChI is InChI=1S/C14H21BrN2O/c1-10-7-11(15)8-13(18-3)14(10)16-12-5-4-6-17(2)9-12/h7-8,12,16H,4-6,9H2,1-3H3. The highest BCUT2D eigenvalue weighted by atomic mass is 79.9. The van der Waals surface area contributed by atoms with Crippen molar-refractivity contribution < 1.29 is 4.74 Å². The molecule has 3 nitrogen and oxygen atoms in total. The van der Waals surface area contributed by atoms with Crippen LogP contribution in [0.25, 0.3) is 0 Å². The molecular weight excluding hydrogens is 292 g/mol. The fourth-order valence-corrected chi connectivity index (χ4v) is 3.10. The van der Waals surface area contributed by atoms with E-state index in [1.165, 1.54) is 24.9 Å². The second-order valence-corrected chi connectivity index (χ2v) is 5.96. The van der Waals surface area contributed by atoms with Crippen LogP contribution in [0.15, 0.2) is 16.6 Å². The number of anilines is 1. The molecule has 100 valence electrons. The zero-order valence-electron chi connectivity index (χ0n) is 11.3. The zero-order valence-corrected chi connectivity index (χ0v) is 12.9. The van der Waals surface area contributed by atoms with Gasteiger partial charge < -0.3 is 15.0 Å². The molecule has 0 saturated carbocycles. The average molecular weight is 313 g/mol. The molecule has 4 heteroatoms. The smallest absolute Gasteiger partial charge is 0.143 e. The van der Waals surface area contributed by atoms with Crippen LogP contribution in [0.3, 0.4) is 0 Å². The number of rotatable bonds is 3. The van der Waals surface area contributed by atoms with E-state index >= 15 is 0 Å². The number of hydrogen-bond acceptors (Lipinski definition) is 3. The molecule has 1 fully saturated rings. The number of ether oxygens (including phenoxy) is 1. The van der Waals surface area contributed by atoms with Gasteiger partial charge in [0, 0.05) is 17.1 Å². The Balaban J connectivity index is 2.17. The van der Waals surface area contributed by atoms with E-state index in [9.17, 15) is 0 Å². The molecule has 1 aromatic rings. The second-order valence-electron chi connectivity index (χ2n) is 5.05. The van der Waals surface area contributed by atoms with Crippen molar-refractivity contribution in [1.29, 1.82) is 0 Å². The van der Waals surface area contributed by atoms with Gasteiger partial charge >= 0.3 is 0 Å². The Hall–Kier alpha value is -0.740. The average Bonchev–Trinajstić information content (AvgIpc) is 2.32. The summed E-state index contributed by atoms with van der Waals surface area (Å²) in [5.41, 5.74) is 2.34. The third-order valence-corrected chi connectivity index (χ3v) is 3.91. The molecule has 1 aromatic carbocycles. The zero-order chi connectivity index (χ0) is 13.1. The molecule has 0 aromatic heterocycles. The van der Waals surface area contributed by atoms with E-state index in [2.05, 4.69) is 46.2 Å². The lowest BCUT2D eigenvalue weighted by Gasteiger charge is -2.31. The summed E-state index contributed by atoms with van der Waals surface area (Å²) >= 11 is 3.51.